The second-order valence-corrected chi connectivity index (χ2v) is 8.74. The summed E-state index contributed by atoms with van der Waals surface area (Å²) in [7, 11) is -0.367. The molecule has 0 aromatic carbocycles. The normalized spacial score (nSPS) is 23.2. The zero-order valence-electron chi connectivity index (χ0n) is 15.4. The molecule has 23 heavy (non-hydrogen) atoms. The van der Waals surface area contributed by atoms with Crippen molar-refractivity contribution in [2.45, 2.75) is 84.0 Å². The number of rotatable bonds is 3. The highest BCUT2D eigenvalue weighted by Gasteiger charge is 2.52. The van der Waals surface area contributed by atoms with E-state index in [1.807, 2.05) is 27.0 Å². The number of hydrogen-bond donors (Lipinski definition) is 0. The van der Waals surface area contributed by atoms with E-state index in [1.165, 1.54) is 18.4 Å². The second-order valence-electron chi connectivity index (χ2n) is 8.74. The van der Waals surface area contributed by atoms with Crippen LogP contribution in [-0.2, 0) is 9.31 Å². The monoisotopic (exact) mass is 317 g/mol. The molecule has 2 aliphatic rings. The van der Waals surface area contributed by atoms with Gasteiger partial charge in [-0.3, -0.25) is 0 Å². The molecule has 0 unspecified atom stereocenters. The third kappa shape index (κ3) is 3.41. The van der Waals surface area contributed by atoms with Crippen molar-refractivity contribution in [3.05, 3.63) is 17.8 Å². The van der Waals surface area contributed by atoms with Gasteiger partial charge < -0.3 is 14.0 Å². The highest BCUT2D eigenvalue weighted by Crippen LogP contribution is 2.44. The maximum Gasteiger partial charge on any atom is 0.496 e. The third-order valence-electron chi connectivity index (χ3n) is 4.85. The molecule has 1 aliphatic heterocycles. The van der Waals surface area contributed by atoms with Crippen LogP contribution in [0.25, 0.3) is 0 Å². The van der Waals surface area contributed by atoms with E-state index in [0.29, 0.717) is 5.92 Å². The van der Waals surface area contributed by atoms with E-state index in [-0.39, 0.29) is 23.9 Å². The van der Waals surface area contributed by atoms with Crippen molar-refractivity contribution >= 4 is 12.6 Å². The van der Waals surface area contributed by atoms with Crippen LogP contribution in [0.1, 0.15) is 72.8 Å². The Kier molecular flexibility index (Phi) is 3.81. The summed E-state index contributed by atoms with van der Waals surface area (Å²) in [6, 6.07) is 2.16. The lowest BCUT2D eigenvalue weighted by atomic mass is 9.79. The summed E-state index contributed by atoms with van der Waals surface area (Å²) < 4.78 is 18.3. The van der Waals surface area contributed by atoms with Crippen molar-refractivity contribution in [1.82, 2.24) is 4.98 Å². The molecule has 0 radical (unpaired) electrons. The molecule has 1 aromatic heterocycles. The highest BCUT2D eigenvalue weighted by molar-refractivity contribution is 6.62. The lowest BCUT2D eigenvalue weighted by Gasteiger charge is -2.32. The molecule has 4 nitrogen and oxygen atoms in total. The largest absolute Gasteiger partial charge is 0.496 e. The van der Waals surface area contributed by atoms with Gasteiger partial charge in [-0.15, -0.1) is 0 Å². The van der Waals surface area contributed by atoms with Gasteiger partial charge >= 0.3 is 7.12 Å². The smallest absolute Gasteiger partial charge is 0.472 e. The van der Waals surface area contributed by atoms with Gasteiger partial charge in [0.1, 0.15) is 5.60 Å². The molecule has 0 bridgehead atoms. The molecule has 0 N–H and O–H groups in total. The van der Waals surface area contributed by atoms with Gasteiger partial charge in [0.2, 0.25) is 5.88 Å². The zero-order chi connectivity index (χ0) is 17.0. The van der Waals surface area contributed by atoms with Crippen LogP contribution in [-0.4, -0.2) is 28.9 Å². The Hall–Kier alpha value is -1.07. The van der Waals surface area contributed by atoms with E-state index in [9.17, 15) is 0 Å². The molecule has 0 spiro atoms. The summed E-state index contributed by atoms with van der Waals surface area (Å²) in [5, 5.41) is 0. The Morgan fingerprint density at radius 2 is 1.70 bits per heavy atom. The minimum atomic E-state index is -0.367. The van der Waals surface area contributed by atoms with Crippen LogP contribution in [0.2, 0.25) is 0 Å². The fraction of sp³-hybridized carbons (Fsp3) is 0.722. The SMILES string of the molecule is CC(C)(C)Oc1ncc(B2OC(C)(C)C(C)(C)O2)cc1C1CC1. The van der Waals surface area contributed by atoms with Gasteiger partial charge in [0.05, 0.1) is 11.2 Å². The standard InChI is InChI=1S/C18H28BNO3/c1-16(2,3)21-15-14(12-8-9-12)10-13(11-20-15)19-22-17(4,5)18(6,7)23-19/h10-12H,8-9H2,1-7H3. The third-order valence-corrected chi connectivity index (χ3v) is 4.85. The maximum absolute atomic E-state index is 6.14. The van der Waals surface area contributed by atoms with E-state index in [4.69, 9.17) is 14.0 Å². The van der Waals surface area contributed by atoms with Crippen LogP contribution in [0.4, 0.5) is 0 Å². The number of ether oxygens (including phenoxy) is 1. The van der Waals surface area contributed by atoms with Crippen molar-refractivity contribution in [2.24, 2.45) is 0 Å². The molecular formula is C18H28BNO3. The summed E-state index contributed by atoms with van der Waals surface area (Å²) in [5.74, 6) is 1.31. The number of hydrogen-bond acceptors (Lipinski definition) is 4. The van der Waals surface area contributed by atoms with Gasteiger partial charge in [-0.25, -0.2) is 4.98 Å². The van der Waals surface area contributed by atoms with Gasteiger partial charge in [0.15, 0.2) is 0 Å². The van der Waals surface area contributed by atoms with Crippen LogP contribution in [0.5, 0.6) is 5.88 Å². The topological polar surface area (TPSA) is 40.6 Å². The zero-order valence-corrected chi connectivity index (χ0v) is 15.4. The predicted octanol–water partition coefficient (Wildman–Crippen LogP) is 3.44. The van der Waals surface area contributed by atoms with E-state index < -0.39 is 0 Å². The first-order valence-corrected chi connectivity index (χ1v) is 8.53. The summed E-state index contributed by atoms with van der Waals surface area (Å²) in [5.41, 5.74) is 1.25. The first kappa shape index (κ1) is 16.8. The molecule has 126 valence electrons. The Labute approximate surface area is 140 Å². The average molecular weight is 317 g/mol. The minimum Gasteiger partial charge on any atom is -0.472 e. The Balaban J connectivity index is 1.89. The molecule has 2 heterocycles. The fourth-order valence-electron chi connectivity index (χ4n) is 2.66. The molecule has 2 fully saturated rings. The highest BCUT2D eigenvalue weighted by atomic mass is 16.7. The van der Waals surface area contributed by atoms with Crippen LogP contribution >= 0.6 is 0 Å². The van der Waals surface area contributed by atoms with E-state index in [2.05, 4.69) is 38.7 Å². The number of aromatic nitrogens is 1. The van der Waals surface area contributed by atoms with E-state index >= 15 is 0 Å². The van der Waals surface area contributed by atoms with Gasteiger partial charge in [0, 0.05) is 17.2 Å². The number of pyridine rings is 1. The molecule has 0 atom stereocenters. The molecule has 5 heteroatoms. The Morgan fingerprint density at radius 1 is 1.13 bits per heavy atom. The second kappa shape index (κ2) is 5.22. The van der Waals surface area contributed by atoms with Crippen molar-refractivity contribution in [1.29, 1.82) is 0 Å². The van der Waals surface area contributed by atoms with Gasteiger partial charge in [-0.2, -0.15) is 0 Å². The summed E-state index contributed by atoms with van der Waals surface area (Å²) in [6.07, 6.45) is 4.24. The Bertz CT molecular complexity index is 587. The van der Waals surface area contributed by atoms with Gasteiger partial charge in [0.25, 0.3) is 0 Å². The molecular weight excluding hydrogens is 289 g/mol. The summed E-state index contributed by atoms with van der Waals surface area (Å²) in [6.45, 7) is 14.4. The first-order valence-electron chi connectivity index (χ1n) is 8.53. The van der Waals surface area contributed by atoms with Crippen molar-refractivity contribution in [3.8, 4) is 5.88 Å². The van der Waals surface area contributed by atoms with Gasteiger partial charge in [-0.05, 0) is 67.2 Å². The van der Waals surface area contributed by atoms with Crippen molar-refractivity contribution in [3.63, 3.8) is 0 Å². The number of nitrogens with zero attached hydrogens (tertiary/aromatic N) is 1. The molecule has 1 aliphatic carbocycles. The van der Waals surface area contributed by atoms with Crippen LogP contribution in [0.3, 0.4) is 0 Å². The lowest BCUT2D eigenvalue weighted by Crippen LogP contribution is -2.41. The summed E-state index contributed by atoms with van der Waals surface area (Å²) >= 11 is 0. The quantitative estimate of drug-likeness (QED) is 0.801. The van der Waals surface area contributed by atoms with Crippen molar-refractivity contribution in [2.75, 3.05) is 0 Å². The molecule has 0 amide bonds. The molecule has 1 saturated heterocycles. The predicted molar refractivity (Wildman–Crippen MR) is 92.3 cm³/mol. The molecule has 3 rings (SSSR count). The van der Waals surface area contributed by atoms with Gasteiger partial charge in [-0.1, -0.05) is 6.07 Å². The lowest BCUT2D eigenvalue weighted by molar-refractivity contribution is 0.00578. The molecule has 1 saturated carbocycles. The van der Waals surface area contributed by atoms with Crippen molar-refractivity contribution < 1.29 is 14.0 Å². The van der Waals surface area contributed by atoms with Crippen LogP contribution < -0.4 is 10.2 Å². The first-order chi connectivity index (χ1) is 10.5. The maximum atomic E-state index is 6.14. The fourth-order valence-corrected chi connectivity index (χ4v) is 2.66. The van der Waals surface area contributed by atoms with Crippen LogP contribution in [0, 0.1) is 0 Å². The molecule has 1 aromatic rings. The van der Waals surface area contributed by atoms with Crippen LogP contribution in [0.15, 0.2) is 12.3 Å². The Morgan fingerprint density at radius 3 is 2.17 bits per heavy atom. The van der Waals surface area contributed by atoms with E-state index in [1.54, 1.807) is 0 Å². The van der Waals surface area contributed by atoms with E-state index in [0.717, 1.165) is 11.3 Å². The summed E-state index contributed by atoms with van der Waals surface area (Å²) in [4.78, 5) is 4.58. The average Bonchev–Trinajstić information content (AvgIpc) is 3.16. The minimum absolute atomic E-state index is 0.248.